The Morgan fingerprint density at radius 3 is 1.86 bits per heavy atom. The van der Waals surface area contributed by atoms with E-state index in [0.29, 0.717) is 17.1 Å². The molecule has 4 aromatic rings. The van der Waals surface area contributed by atoms with Gasteiger partial charge in [0.1, 0.15) is 41.6 Å². The molecule has 11 nitrogen and oxygen atoms in total. The first-order valence-electron chi connectivity index (χ1n) is 18.8. The van der Waals surface area contributed by atoms with E-state index in [2.05, 4.69) is 39.2 Å². The third-order valence-electron chi connectivity index (χ3n) is 11.1. The van der Waals surface area contributed by atoms with E-state index in [-0.39, 0.29) is 17.6 Å². The van der Waals surface area contributed by atoms with Gasteiger partial charge in [0.25, 0.3) is 5.91 Å². The number of aliphatic hydroxyl groups is 1. The van der Waals surface area contributed by atoms with E-state index in [0.717, 1.165) is 16.7 Å². The Kier molecular flexibility index (Phi) is 12.1. The summed E-state index contributed by atoms with van der Waals surface area (Å²) < 4.78 is 31.7. The van der Waals surface area contributed by atoms with Crippen LogP contribution in [0.1, 0.15) is 47.8 Å². The number of ether oxygens (including phenoxy) is 4. The lowest BCUT2D eigenvalue weighted by molar-refractivity contribution is -0.102. The van der Waals surface area contributed by atoms with Crippen molar-refractivity contribution in [1.29, 1.82) is 0 Å². The molecule has 0 radical (unpaired) electrons. The molecule has 56 heavy (non-hydrogen) atoms. The molecule has 0 bridgehead atoms. The van der Waals surface area contributed by atoms with Crippen LogP contribution in [0.4, 0.5) is 4.79 Å². The van der Waals surface area contributed by atoms with Crippen LogP contribution in [-0.4, -0.2) is 93.7 Å². The van der Waals surface area contributed by atoms with E-state index in [1.807, 2.05) is 84.9 Å². The summed E-state index contributed by atoms with van der Waals surface area (Å²) in [4.78, 5) is 30.0. The van der Waals surface area contributed by atoms with Gasteiger partial charge >= 0.3 is 6.03 Å². The zero-order valence-electron chi connectivity index (χ0n) is 33.3. The van der Waals surface area contributed by atoms with Crippen molar-refractivity contribution in [3.8, 4) is 11.5 Å². The second-order valence-corrected chi connectivity index (χ2v) is 20.4. The Labute approximate surface area is 330 Å². The van der Waals surface area contributed by atoms with Crippen LogP contribution < -0.4 is 14.8 Å². The molecule has 0 aromatic heterocycles. The van der Waals surface area contributed by atoms with Gasteiger partial charge in [0.2, 0.25) is 0 Å². The van der Waals surface area contributed by atoms with E-state index >= 15 is 0 Å². The van der Waals surface area contributed by atoms with Gasteiger partial charge in [-0.05, 0) is 77.3 Å². The van der Waals surface area contributed by atoms with Crippen LogP contribution in [0.3, 0.4) is 0 Å². The smallest absolute Gasteiger partial charge is 0.327 e. The number of methoxy groups -OCH3 is 2. The molecule has 6 rings (SSSR count). The summed E-state index contributed by atoms with van der Waals surface area (Å²) in [5.41, 5.74) is 1.82. The SMILES string of the molecule is COc1ccc(C(OC[C@H]2O[C@@H](N3C=C[C@@H](NC(=O)c4ccccc4)N(C)C3=O)[C@H](O[Si](C)(C)C(C)(C)C)[C@@H]2O)(c2ccccc2)c2ccc(OC)cc2)cc1. The molecule has 12 heteroatoms. The highest BCUT2D eigenvalue weighted by atomic mass is 28.4. The minimum atomic E-state index is -2.53. The summed E-state index contributed by atoms with van der Waals surface area (Å²) in [5.74, 6) is 1.08. The molecule has 5 atom stereocenters. The molecule has 1 saturated heterocycles. The third kappa shape index (κ3) is 8.11. The topological polar surface area (TPSA) is 119 Å². The molecule has 2 heterocycles. The maximum absolute atomic E-state index is 14.1. The first-order chi connectivity index (χ1) is 26.7. The molecular weight excluding hydrogens is 727 g/mol. The molecular formula is C44H53N3O8Si. The van der Waals surface area contributed by atoms with Gasteiger partial charge in [-0.3, -0.25) is 9.69 Å². The van der Waals surface area contributed by atoms with Crippen LogP contribution in [0.2, 0.25) is 18.1 Å². The molecule has 0 spiro atoms. The average Bonchev–Trinajstić information content (AvgIpc) is 3.50. The number of aliphatic hydroxyl groups excluding tert-OH is 1. The molecule has 0 saturated carbocycles. The summed E-state index contributed by atoms with van der Waals surface area (Å²) in [7, 11) is 2.33. The van der Waals surface area contributed by atoms with Crippen molar-refractivity contribution in [1.82, 2.24) is 15.1 Å². The second-order valence-electron chi connectivity index (χ2n) is 15.6. The maximum Gasteiger partial charge on any atom is 0.327 e. The van der Waals surface area contributed by atoms with Crippen molar-refractivity contribution >= 4 is 20.3 Å². The number of likely N-dealkylation sites (N-methyl/N-ethyl adjacent to an activating group) is 1. The first kappa shape index (κ1) is 40.7. The number of benzene rings is 4. The van der Waals surface area contributed by atoms with Crippen LogP contribution in [0.25, 0.3) is 0 Å². The van der Waals surface area contributed by atoms with Crippen molar-refractivity contribution in [3.05, 3.63) is 144 Å². The molecule has 0 unspecified atom stereocenters. The number of rotatable bonds is 13. The summed E-state index contributed by atoms with van der Waals surface area (Å²) >= 11 is 0. The third-order valence-corrected chi connectivity index (χ3v) is 15.6. The van der Waals surface area contributed by atoms with E-state index in [1.54, 1.807) is 57.8 Å². The highest BCUT2D eigenvalue weighted by Crippen LogP contribution is 2.44. The summed E-state index contributed by atoms with van der Waals surface area (Å²) in [6, 6.07) is 33.7. The zero-order chi connectivity index (χ0) is 40.3. The fourth-order valence-electron chi connectivity index (χ4n) is 6.82. The molecule has 0 aliphatic carbocycles. The maximum atomic E-state index is 14.1. The second kappa shape index (κ2) is 16.6. The molecule has 296 valence electrons. The minimum absolute atomic E-state index is 0.0701. The number of urea groups is 1. The Morgan fingerprint density at radius 1 is 0.821 bits per heavy atom. The van der Waals surface area contributed by atoms with Gasteiger partial charge < -0.3 is 38.7 Å². The summed E-state index contributed by atoms with van der Waals surface area (Å²) in [5, 5.41) is 14.9. The van der Waals surface area contributed by atoms with Gasteiger partial charge in [-0.15, -0.1) is 0 Å². The summed E-state index contributed by atoms with van der Waals surface area (Å²) in [6.45, 7) is 10.5. The van der Waals surface area contributed by atoms with Gasteiger partial charge in [0, 0.05) is 18.8 Å². The largest absolute Gasteiger partial charge is 0.497 e. The molecule has 4 aromatic carbocycles. The minimum Gasteiger partial charge on any atom is -0.497 e. The molecule has 2 N–H and O–H groups in total. The van der Waals surface area contributed by atoms with E-state index < -0.39 is 50.7 Å². The Bertz CT molecular complexity index is 1920. The lowest BCUT2D eigenvalue weighted by atomic mass is 9.80. The molecule has 2 aliphatic heterocycles. The first-order valence-corrected chi connectivity index (χ1v) is 21.7. The Morgan fingerprint density at radius 2 is 1.34 bits per heavy atom. The highest BCUT2D eigenvalue weighted by molar-refractivity contribution is 6.74. The van der Waals surface area contributed by atoms with Crippen molar-refractivity contribution in [2.24, 2.45) is 0 Å². The van der Waals surface area contributed by atoms with Crippen molar-refractivity contribution in [2.45, 2.75) is 75.2 Å². The van der Waals surface area contributed by atoms with Crippen molar-refractivity contribution in [3.63, 3.8) is 0 Å². The van der Waals surface area contributed by atoms with Crippen LogP contribution in [0.15, 0.2) is 121 Å². The van der Waals surface area contributed by atoms with Gasteiger partial charge in [-0.25, -0.2) is 4.79 Å². The van der Waals surface area contributed by atoms with Gasteiger partial charge in [-0.1, -0.05) is 93.6 Å². The highest BCUT2D eigenvalue weighted by Gasteiger charge is 2.54. The Hall–Kier alpha value is -4.98. The standard InChI is InChI=1S/C44H53N3O8Si/c1-43(2,3)56(7,8)55-39-38(48)36(54-41(39)47-28-27-37(46(4)42(47)50)45-40(49)30-15-11-9-12-16-30)29-53-44(31-17-13-10-14-18-31,32-19-23-34(51-5)24-20-32)33-21-25-35(52-6)26-22-33/h9-28,36-39,41,48H,29H2,1-8H3,(H,45,49)/t36-,37+,38-,39-,41-/m1/s1. The predicted octanol–water partition coefficient (Wildman–Crippen LogP) is 7.13. The van der Waals surface area contributed by atoms with Crippen LogP contribution in [0.5, 0.6) is 11.5 Å². The van der Waals surface area contributed by atoms with Crippen LogP contribution in [-0.2, 0) is 19.5 Å². The van der Waals surface area contributed by atoms with Crippen LogP contribution in [0, 0.1) is 0 Å². The molecule has 1 fully saturated rings. The van der Waals surface area contributed by atoms with Gasteiger partial charge in [0.05, 0.1) is 20.8 Å². The lowest BCUT2D eigenvalue weighted by Gasteiger charge is -2.43. The molecule has 2 aliphatic rings. The number of carbonyl (C=O) groups excluding carboxylic acids is 2. The van der Waals surface area contributed by atoms with E-state index in [1.165, 1.54) is 9.80 Å². The normalized spacial score (nSPS) is 21.6. The van der Waals surface area contributed by atoms with Crippen LogP contribution >= 0.6 is 0 Å². The fourth-order valence-corrected chi connectivity index (χ4v) is 8.11. The lowest BCUT2D eigenvalue weighted by Crippen LogP contribution is -2.59. The monoisotopic (exact) mass is 779 g/mol. The number of nitrogens with one attached hydrogen (secondary N) is 1. The number of hydrogen-bond acceptors (Lipinski definition) is 8. The quantitative estimate of drug-likeness (QED) is 0.109. The van der Waals surface area contributed by atoms with Gasteiger partial charge in [-0.2, -0.15) is 0 Å². The molecule has 3 amide bonds. The fraction of sp³-hybridized carbons (Fsp3) is 0.364. The van der Waals surface area contributed by atoms with Crippen molar-refractivity contribution in [2.75, 3.05) is 27.9 Å². The predicted molar refractivity (Wildman–Crippen MR) is 217 cm³/mol. The van der Waals surface area contributed by atoms with E-state index in [4.69, 9.17) is 23.4 Å². The average molecular weight is 780 g/mol. The summed E-state index contributed by atoms with van der Waals surface area (Å²) in [6.07, 6.45) is -1.37. The van der Waals surface area contributed by atoms with Crippen molar-refractivity contribution < 1.29 is 38.1 Å². The Balaban J connectivity index is 1.36. The van der Waals surface area contributed by atoms with Gasteiger partial charge in [0.15, 0.2) is 14.5 Å². The number of hydrogen-bond donors (Lipinski definition) is 2. The number of carbonyl (C=O) groups is 2. The zero-order valence-corrected chi connectivity index (χ0v) is 34.3. The van der Waals surface area contributed by atoms with E-state index in [9.17, 15) is 14.7 Å². The number of nitrogens with zero attached hydrogens (tertiary/aromatic N) is 2. The number of amides is 3.